The Bertz CT molecular complexity index is 1850. The number of nitrogens with zero attached hydrogens (tertiary/aromatic N) is 3. The van der Waals surface area contributed by atoms with Crippen LogP contribution in [0.2, 0.25) is 0 Å². The Hall–Kier alpha value is -5.29. The molecular formula is C43H56N4O9S. The molecule has 3 atom stereocenters. The second kappa shape index (κ2) is 22.5. The number of amides is 2. The maximum atomic E-state index is 13.8. The fraction of sp³-hybridized carbons (Fsp3) is 0.512. The van der Waals surface area contributed by atoms with Crippen molar-refractivity contribution in [3.63, 3.8) is 0 Å². The summed E-state index contributed by atoms with van der Waals surface area (Å²) in [6.45, 7) is 11.1. The molecule has 0 saturated heterocycles. The summed E-state index contributed by atoms with van der Waals surface area (Å²) in [5, 5.41) is 26.8. The number of carboxylic acids is 1. The first-order valence-electron chi connectivity index (χ1n) is 19.4. The average molecular weight is 805 g/mol. The van der Waals surface area contributed by atoms with Gasteiger partial charge in [-0.2, -0.15) is 0 Å². The number of aromatic nitrogens is 1. The number of rotatable bonds is 24. The van der Waals surface area contributed by atoms with Crippen molar-refractivity contribution in [1.82, 2.24) is 15.2 Å². The van der Waals surface area contributed by atoms with Gasteiger partial charge in [-0.15, -0.1) is 23.7 Å². The van der Waals surface area contributed by atoms with Crippen molar-refractivity contribution in [3.8, 4) is 18.1 Å². The summed E-state index contributed by atoms with van der Waals surface area (Å²) in [6.07, 6.45) is 9.07. The number of esters is 1. The molecule has 0 fully saturated rings. The number of hydrogen-bond donors (Lipinski definition) is 2. The normalized spacial score (nSPS) is 12.9. The predicted octanol–water partition coefficient (Wildman–Crippen LogP) is 8.31. The number of carbonyl (C=O) groups excluding carboxylic acids is 3. The molecule has 3 unspecified atom stereocenters. The molecule has 1 aromatic heterocycles. The summed E-state index contributed by atoms with van der Waals surface area (Å²) >= 11 is 1.14. The van der Waals surface area contributed by atoms with Gasteiger partial charge in [-0.25, -0.2) is 4.98 Å². The lowest BCUT2D eigenvalue weighted by molar-refractivity contribution is -0.386. The smallest absolute Gasteiger partial charge is 0.311 e. The molecule has 0 aliphatic heterocycles. The number of carbonyl (C=O) groups is 4. The molecule has 57 heavy (non-hydrogen) atoms. The molecule has 2 amide bonds. The molecule has 2 aromatic carbocycles. The number of thiazole rings is 1. The highest BCUT2D eigenvalue weighted by atomic mass is 32.1. The van der Waals surface area contributed by atoms with Crippen LogP contribution in [0.25, 0.3) is 0 Å². The van der Waals surface area contributed by atoms with Crippen molar-refractivity contribution in [2.75, 3.05) is 6.54 Å². The average Bonchev–Trinajstić information content (AvgIpc) is 3.66. The zero-order chi connectivity index (χ0) is 42.1. The zero-order valence-corrected chi connectivity index (χ0v) is 34.6. The van der Waals surface area contributed by atoms with E-state index in [9.17, 15) is 34.4 Å². The number of carboxylic acid groups (broad SMARTS) is 1. The van der Waals surface area contributed by atoms with E-state index >= 15 is 0 Å². The van der Waals surface area contributed by atoms with Gasteiger partial charge in [0.1, 0.15) is 17.3 Å². The lowest BCUT2D eigenvalue weighted by atomic mass is 9.84. The molecule has 308 valence electrons. The van der Waals surface area contributed by atoms with E-state index in [1.165, 1.54) is 19.1 Å². The third-order valence-electron chi connectivity index (χ3n) is 9.61. The second-order valence-corrected chi connectivity index (χ2v) is 16.1. The highest BCUT2D eigenvalue weighted by molar-refractivity contribution is 7.09. The number of nitro groups is 1. The van der Waals surface area contributed by atoms with Crippen LogP contribution in [0, 0.1) is 33.8 Å². The number of nitrogens with one attached hydrogen (secondary N) is 1. The number of aliphatic carboxylic acids is 1. The second-order valence-electron chi connectivity index (χ2n) is 15.2. The van der Waals surface area contributed by atoms with E-state index in [2.05, 4.69) is 16.2 Å². The summed E-state index contributed by atoms with van der Waals surface area (Å²) in [4.78, 5) is 69.8. The Kier molecular flexibility index (Phi) is 18.2. The van der Waals surface area contributed by atoms with Crippen LogP contribution in [-0.2, 0) is 32.1 Å². The monoisotopic (exact) mass is 804 g/mol. The Balaban J connectivity index is 1.88. The van der Waals surface area contributed by atoms with Crippen LogP contribution in [0.1, 0.15) is 126 Å². The Morgan fingerprint density at radius 1 is 1.09 bits per heavy atom. The van der Waals surface area contributed by atoms with Crippen molar-refractivity contribution in [2.45, 2.75) is 124 Å². The molecule has 0 saturated carbocycles. The minimum Gasteiger partial charge on any atom is -0.482 e. The molecule has 0 bridgehead atoms. The predicted molar refractivity (Wildman–Crippen MR) is 219 cm³/mol. The molecule has 2 N–H and O–H groups in total. The fourth-order valence-corrected chi connectivity index (χ4v) is 7.33. The van der Waals surface area contributed by atoms with Gasteiger partial charge in [0, 0.05) is 56.3 Å². The maximum Gasteiger partial charge on any atom is 0.311 e. The topological polar surface area (TPSA) is 178 Å². The van der Waals surface area contributed by atoms with Crippen LogP contribution in [0.4, 0.5) is 5.69 Å². The van der Waals surface area contributed by atoms with Crippen LogP contribution >= 0.6 is 11.3 Å². The van der Waals surface area contributed by atoms with Gasteiger partial charge in [0.15, 0.2) is 11.9 Å². The van der Waals surface area contributed by atoms with Gasteiger partial charge < -0.3 is 24.8 Å². The Morgan fingerprint density at radius 3 is 2.42 bits per heavy atom. The zero-order valence-electron chi connectivity index (χ0n) is 33.8. The minimum atomic E-state index is -1.26. The van der Waals surface area contributed by atoms with Crippen molar-refractivity contribution in [3.05, 3.63) is 85.9 Å². The Morgan fingerprint density at radius 2 is 1.81 bits per heavy atom. The van der Waals surface area contributed by atoms with Crippen LogP contribution < -0.4 is 10.1 Å². The fourth-order valence-electron chi connectivity index (χ4n) is 6.49. The van der Waals surface area contributed by atoms with Crippen molar-refractivity contribution in [2.24, 2.45) is 11.3 Å². The largest absolute Gasteiger partial charge is 0.482 e. The molecule has 0 spiro atoms. The van der Waals surface area contributed by atoms with Crippen molar-refractivity contribution >= 4 is 40.8 Å². The number of hydrogen-bond acceptors (Lipinski definition) is 10. The number of terminal acetylenes is 1. The maximum absolute atomic E-state index is 13.8. The minimum absolute atomic E-state index is 0.000498. The van der Waals surface area contributed by atoms with Crippen LogP contribution in [0.15, 0.2) is 53.9 Å². The number of nitro benzene ring substituents is 1. The van der Waals surface area contributed by atoms with Gasteiger partial charge in [-0.05, 0) is 69.1 Å². The van der Waals surface area contributed by atoms with E-state index < -0.39 is 40.3 Å². The van der Waals surface area contributed by atoms with E-state index in [1.807, 2.05) is 56.0 Å². The molecule has 0 aliphatic carbocycles. The van der Waals surface area contributed by atoms with Gasteiger partial charge in [-0.1, -0.05) is 63.6 Å². The standard InChI is InChI=1S/C43H56N4O9S/c1-8-10-12-16-22-46(39(49)19-11-9-2)35(29(3)4)25-38(56-30(5)48)41-45-34(28-57-41)40(50)44-33(26-43(6,7)42(51)52)23-32-20-21-37(36(24-32)47(53)54)55-27-31-17-14-13-15-18-31/h1,13-15,17-18,20-21,24,28-29,33,35,38H,9-12,16,19,22-23,25-27H2,2-7H3,(H,44,50)(H,51,52). The van der Waals surface area contributed by atoms with Crippen molar-refractivity contribution in [1.29, 1.82) is 0 Å². The summed E-state index contributed by atoms with van der Waals surface area (Å²) in [6, 6.07) is 12.7. The number of ether oxygens (including phenoxy) is 2. The van der Waals surface area contributed by atoms with Gasteiger partial charge in [0.2, 0.25) is 5.91 Å². The molecule has 0 radical (unpaired) electrons. The first-order chi connectivity index (χ1) is 27.1. The van der Waals surface area contributed by atoms with Gasteiger partial charge in [-0.3, -0.25) is 29.3 Å². The molecule has 14 heteroatoms. The molecule has 3 rings (SSSR count). The van der Waals surface area contributed by atoms with Gasteiger partial charge >= 0.3 is 17.6 Å². The molecule has 1 heterocycles. The summed E-state index contributed by atoms with van der Waals surface area (Å²) < 4.78 is 11.6. The Labute approximate surface area is 339 Å². The molecule has 0 aliphatic rings. The molecular weight excluding hydrogens is 749 g/mol. The third-order valence-corrected chi connectivity index (χ3v) is 10.5. The highest BCUT2D eigenvalue weighted by Gasteiger charge is 2.34. The summed E-state index contributed by atoms with van der Waals surface area (Å²) in [5.41, 5.74) is -0.156. The van der Waals surface area contributed by atoms with Crippen molar-refractivity contribution < 1.29 is 38.7 Å². The lowest BCUT2D eigenvalue weighted by Crippen LogP contribution is -2.45. The molecule has 13 nitrogen and oxygen atoms in total. The van der Waals surface area contributed by atoms with E-state index in [1.54, 1.807) is 25.3 Å². The SMILES string of the molecule is C#CCCCCN(C(=O)CCCC)C(CC(OC(C)=O)c1nc(C(=O)NC(Cc2ccc(OCc3ccccc3)c([N+](=O)[O-])c2)CC(C)(C)C(=O)O)cs1)C(C)C. The third kappa shape index (κ3) is 14.6. The summed E-state index contributed by atoms with van der Waals surface area (Å²) in [7, 11) is 0. The number of unbranched alkanes of at least 4 members (excludes halogenated alkanes) is 3. The van der Waals surface area contributed by atoms with Crippen LogP contribution in [-0.4, -0.2) is 62.3 Å². The van der Waals surface area contributed by atoms with Gasteiger partial charge in [0.25, 0.3) is 5.91 Å². The quantitative estimate of drug-likeness (QED) is 0.0294. The summed E-state index contributed by atoms with van der Waals surface area (Å²) in [5.74, 6) is 0.542. The number of benzene rings is 2. The van der Waals surface area contributed by atoms with Gasteiger partial charge in [0.05, 0.1) is 10.3 Å². The lowest BCUT2D eigenvalue weighted by Gasteiger charge is -2.36. The molecule has 3 aromatic rings. The first kappa shape index (κ1) is 46.1. The van der Waals surface area contributed by atoms with E-state index in [0.29, 0.717) is 30.0 Å². The van der Waals surface area contributed by atoms with E-state index in [4.69, 9.17) is 15.9 Å². The first-order valence-corrected chi connectivity index (χ1v) is 20.3. The van der Waals surface area contributed by atoms with E-state index in [-0.39, 0.29) is 60.9 Å². The van der Waals surface area contributed by atoms with Crippen LogP contribution in [0.5, 0.6) is 5.75 Å². The van der Waals surface area contributed by atoms with E-state index in [0.717, 1.165) is 42.6 Å². The highest BCUT2D eigenvalue weighted by Crippen LogP contribution is 2.33. The van der Waals surface area contributed by atoms with Crippen LogP contribution in [0.3, 0.4) is 0 Å².